The zero-order valence-electron chi connectivity index (χ0n) is 16.6. The Balaban J connectivity index is 1.60. The second-order valence-electron chi connectivity index (χ2n) is 7.16. The summed E-state index contributed by atoms with van der Waals surface area (Å²) in [5.41, 5.74) is 2.69. The van der Waals surface area contributed by atoms with Crippen LogP contribution in [0, 0.1) is 6.92 Å². The first kappa shape index (κ1) is 20.3. The smallest absolute Gasteiger partial charge is 0.262 e. The van der Waals surface area contributed by atoms with Gasteiger partial charge in [0.05, 0.1) is 11.7 Å². The first-order valence-corrected chi connectivity index (χ1v) is 10.7. The number of hydrogen-bond donors (Lipinski definition) is 0. The summed E-state index contributed by atoms with van der Waals surface area (Å²) in [5, 5.41) is 1.20. The van der Waals surface area contributed by atoms with Gasteiger partial charge in [0.25, 0.3) is 5.56 Å². The van der Waals surface area contributed by atoms with Gasteiger partial charge in [-0.3, -0.25) is 14.2 Å². The second kappa shape index (κ2) is 8.42. The summed E-state index contributed by atoms with van der Waals surface area (Å²) in [7, 11) is 1.71. The molecule has 0 N–H and O–H groups in total. The first-order valence-electron chi connectivity index (χ1n) is 9.46. The lowest BCUT2D eigenvalue weighted by Gasteiger charge is -2.18. The van der Waals surface area contributed by atoms with Crippen LogP contribution in [0.3, 0.4) is 0 Å². The van der Waals surface area contributed by atoms with Crippen LogP contribution in [0.25, 0.3) is 20.7 Å². The van der Waals surface area contributed by atoms with Crippen molar-refractivity contribution >= 4 is 39.1 Å². The summed E-state index contributed by atoms with van der Waals surface area (Å²) in [6.07, 6.45) is 1.46. The molecule has 4 aromatic rings. The standard InChI is InChI=1S/C23H20ClN3O2S/c1-15-20-22(30-21(15)17-8-4-3-5-9-17)25-14-27(23(20)29)13-19(28)26(2)12-16-7-6-10-18(24)11-16/h3-11,14H,12-13H2,1-2H3. The molecule has 152 valence electrons. The third-order valence-corrected chi connectivity index (χ3v) is 6.48. The number of rotatable bonds is 5. The van der Waals surface area contributed by atoms with Crippen molar-refractivity contribution in [2.45, 2.75) is 20.0 Å². The molecule has 5 nitrogen and oxygen atoms in total. The Hall–Kier alpha value is -2.96. The third-order valence-electron chi connectivity index (χ3n) is 4.99. The maximum atomic E-state index is 13.1. The van der Waals surface area contributed by atoms with E-state index in [-0.39, 0.29) is 18.0 Å². The number of benzene rings is 2. The number of nitrogens with zero attached hydrogens (tertiary/aromatic N) is 3. The fourth-order valence-corrected chi connectivity index (χ4v) is 4.76. The lowest BCUT2D eigenvalue weighted by molar-refractivity contribution is -0.131. The molecule has 0 unspecified atom stereocenters. The molecule has 30 heavy (non-hydrogen) atoms. The van der Waals surface area contributed by atoms with Gasteiger partial charge >= 0.3 is 0 Å². The monoisotopic (exact) mass is 437 g/mol. The Kier molecular flexibility index (Phi) is 5.70. The van der Waals surface area contributed by atoms with E-state index < -0.39 is 0 Å². The van der Waals surface area contributed by atoms with E-state index in [4.69, 9.17) is 11.6 Å². The zero-order valence-corrected chi connectivity index (χ0v) is 18.2. The molecule has 0 bridgehead atoms. The van der Waals surface area contributed by atoms with E-state index in [1.807, 2.05) is 55.5 Å². The van der Waals surface area contributed by atoms with Crippen LogP contribution >= 0.6 is 22.9 Å². The number of likely N-dealkylation sites (N-methyl/N-ethyl adjacent to an activating group) is 1. The normalized spacial score (nSPS) is 11.0. The predicted molar refractivity (Wildman–Crippen MR) is 122 cm³/mol. The van der Waals surface area contributed by atoms with Gasteiger partial charge in [0.2, 0.25) is 5.91 Å². The number of amides is 1. The maximum Gasteiger partial charge on any atom is 0.262 e. The third kappa shape index (κ3) is 4.01. The highest BCUT2D eigenvalue weighted by Crippen LogP contribution is 2.35. The molecule has 2 aromatic heterocycles. The highest BCUT2D eigenvalue weighted by Gasteiger charge is 2.18. The van der Waals surface area contributed by atoms with E-state index in [0.717, 1.165) is 21.6 Å². The van der Waals surface area contributed by atoms with E-state index in [2.05, 4.69) is 4.98 Å². The van der Waals surface area contributed by atoms with Crippen LogP contribution in [0.15, 0.2) is 65.7 Å². The van der Waals surface area contributed by atoms with E-state index >= 15 is 0 Å². The first-order chi connectivity index (χ1) is 14.4. The molecule has 0 spiro atoms. The highest BCUT2D eigenvalue weighted by molar-refractivity contribution is 7.22. The topological polar surface area (TPSA) is 55.2 Å². The molecule has 0 aliphatic carbocycles. The fraction of sp³-hybridized carbons (Fsp3) is 0.174. The minimum Gasteiger partial charge on any atom is -0.340 e. The van der Waals surface area contributed by atoms with Crippen LogP contribution in [-0.2, 0) is 17.9 Å². The molecule has 0 radical (unpaired) electrons. The largest absolute Gasteiger partial charge is 0.340 e. The molecule has 0 atom stereocenters. The van der Waals surface area contributed by atoms with Crippen molar-refractivity contribution in [2.75, 3.05) is 7.05 Å². The van der Waals surface area contributed by atoms with Crippen molar-refractivity contribution in [3.8, 4) is 10.4 Å². The summed E-state index contributed by atoms with van der Waals surface area (Å²) in [5.74, 6) is -0.172. The van der Waals surface area contributed by atoms with Crippen LogP contribution in [-0.4, -0.2) is 27.4 Å². The Morgan fingerprint density at radius 2 is 1.93 bits per heavy atom. The number of aryl methyl sites for hydroxylation is 1. The lowest BCUT2D eigenvalue weighted by atomic mass is 10.1. The average Bonchev–Trinajstić information content (AvgIpc) is 3.08. The van der Waals surface area contributed by atoms with Crippen LogP contribution < -0.4 is 5.56 Å². The molecule has 7 heteroatoms. The number of carbonyl (C=O) groups excluding carboxylic acids is 1. The number of hydrogen-bond acceptors (Lipinski definition) is 4. The van der Waals surface area contributed by atoms with E-state index in [0.29, 0.717) is 21.8 Å². The summed E-state index contributed by atoms with van der Waals surface area (Å²) < 4.78 is 1.38. The van der Waals surface area contributed by atoms with Crippen molar-refractivity contribution in [1.82, 2.24) is 14.5 Å². The molecule has 4 rings (SSSR count). The van der Waals surface area contributed by atoms with E-state index in [1.54, 1.807) is 18.0 Å². The van der Waals surface area contributed by atoms with Crippen LogP contribution in [0.5, 0.6) is 0 Å². The molecule has 0 saturated heterocycles. The van der Waals surface area contributed by atoms with Gasteiger partial charge in [-0.25, -0.2) is 4.98 Å². The number of fused-ring (bicyclic) bond motifs is 1. The maximum absolute atomic E-state index is 13.1. The molecule has 0 aliphatic rings. The van der Waals surface area contributed by atoms with Gasteiger partial charge < -0.3 is 4.90 Å². The Labute approximate surface area is 183 Å². The molecule has 0 aliphatic heterocycles. The van der Waals surface area contributed by atoms with E-state index in [1.165, 1.54) is 22.2 Å². The summed E-state index contributed by atoms with van der Waals surface area (Å²) in [6.45, 7) is 2.29. The Morgan fingerprint density at radius 3 is 2.67 bits per heavy atom. The quantitative estimate of drug-likeness (QED) is 0.453. The molecular weight excluding hydrogens is 418 g/mol. The fourth-order valence-electron chi connectivity index (χ4n) is 3.40. The van der Waals surface area contributed by atoms with Crippen LogP contribution in [0.1, 0.15) is 11.1 Å². The van der Waals surface area contributed by atoms with Gasteiger partial charge in [-0.05, 0) is 35.7 Å². The number of aromatic nitrogens is 2. The molecule has 1 amide bonds. The zero-order chi connectivity index (χ0) is 21.3. The van der Waals surface area contributed by atoms with Crippen LogP contribution in [0.4, 0.5) is 0 Å². The van der Waals surface area contributed by atoms with Crippen molar-refractivity contribution in [3.05, 3.63) is 87.4 Å². The summed E-state index contributed by atoms with van der Waals surface area (Å²) in [4.78, 5) is 33.6. The van der Waals surface area contributed by atoms with Gasteiger partial charge in [0.1, 0.15) is 11.4 Å². The minimum absolute atomic E-state index is 0.0607. The Bertz CT molecular complexity index is 1280. The number of thiophene rings is 1. The molecular formula is C23H20ClN3O2S. The van der Waals surface area contributed by atoms with Gasteiger partial charge in [-0.1, -0.05) is 54.1 Å². The van der Waals surface area contributed by atoms with Gasteiger partial charge in [0, 0.05) is 23.5 Å². The summed E-state index contributed by atoms with van der Waals surface area (Å²) >= 11 is 7.51. The number of carbonyl (C=O) groups is 1. The van der Waals surface area contributed by atoms with Gasteiger partial charge in [-0.2, -0.15) is 0 Å². The average molecular weight is 438 g/mol. The van der Waals surface area contributed by atoms with Gasteiger partial charge in [-0.15, -0.1) is 11.3 Å². The van der Waals surface area contributed by atoms with Crippen LogP contribution in [0.2, 0.25) is 5.02 Å². The SMILES string of the molecule is Cc1c(-c2ccccc2)sc2ncn(CC(=O)N(C)Cc3cccc(Cl)c3)c(=O)c12. The summed E-state index contributed by atoms with van der Waals surface area (Å²) in [6, 6.07) is 17.3. The Morgan fingerprint density at radius 1 is 1.17 bits per heavy atom. The van der Waals surface area contributed by atoms with E-state index in [9.17, 15) is 9.59 Å². The van der Waals surface area contributed by atoms with Crippen molar-refractivity contribution in [2.24, 2.45) is 0 Å². The predicted octanol–water partition coefficient (Wildman–Crippen LogP) is 4.75. The molecule has 0 saturated carbocycles. The molecule has 0 fully saturated rings. The highest BCUT2D eigenvalue weighted by atomic mass is 35.5. The molecule has 2 aromatic carbocycles. The van der Waals surface area contributed by atoms with Crippen molar-refractivity contribution in [1.29, 1.82) is 0 Å². The second-order valence-corrected chi connectivity index (χ2v) is 8.60. The number of halogens is 1. The van der Waals surface area contributed by atoms with Crippen molar-refractivity contribution in [3.63, 3.8) is 0 Å². The minimum atomic E-state index is -0.194. The molecule has 2 heterocycles. The van der Waals surface area contributed by atoms with Gasteiger partial charge in [0.15, 0.2) is 0 Å². The van der Waals surface area contributed by atoms with Crippen molar-refractivity contribution < 1.29 is 4.79 Å². The lowest BCUT2D eigenvalue weighted by Crippen LogP contribution is -2.33.